The first-order valence-electron chi connectivity index (χ1n) is 22.1. The van der Waals surface area contributed by atoms with Crippen molar-refractivity contribution in [2.45, 2.75) is 74.7 Å². The zero-order chi connectivity index (χ0) is 41.8. The average molecular weight is 825 g/mol. The topological polar surface area (TPSA) is 155 Å². The molecule has 3 aromatic carbocycles. The summed E-state index contributed by atoms with van der Waals surface area (Å²) in [6, 6.07) is 27.4. The summed E-state index contributed by atoms with van der Waals surface area (Å²) in [6.45, 7) is 8.16. The molecule has 0 spiro atoms. The summed E-state index contributed by atoms with van der Waals surface area (Å²) in [4.78, 5) is 51.6. The fraction of sp³-hybridized carbons (Fsp3) is 0.468. The molecule has 6 saturated heterocycles. The highest BCUT2D eigenvalue weighted by molar-refractivity contribution is 6.01. The van der Waals surface area contributed by atoms with Gasteiger partial charge in [0, 0.05) is 88.2 Å². The van der Waals surface area contributed by atoms with E-state index in [9.17, 15) is 19.5 Å². The van der Waals surface area contributed by atoms with Gasteiger partial charge in [-0.3, -0.25) is 34.4 Å². The Labute approximate surface area is 357 Å². The molecule has 61 heavy (non-hydrogen) atoms. The third kappa shape index (κ3) is 7.48. The summed E-state index contributed by atoms with van der Waals surface area (Å²) < 4.78 is 0. The van der Waals surface area contributed by atoms with E-state index in [0.717, 1.165) is 96.0 Å². The molecule has 6 aliphatic rings. The average Bonchev–Trinajstić information content (AvgIpc) is 3.25. The van der Waals surface area contributed by atoms with Crippen LogP contribution in [0.4, 0.5) is 17.2 Å². The maximum atomic E-state index is 13.5. The van der Waals surface area contributed by atoms with Crippen LogP contribution in [-0.2, 0) is 26.5 Å². The smallest absolute Gasteiger partial charge is 0.249 e. The summed E-state index contributed by atoms with van der Waals surface area (Å²) in [6.07, 6.45) is 5.10. The molecule has 2 unspecified atom stereocenters. The predicted octanol–water partition coefficient (Wildman–Crippen LogP) is 3.76. The number of benzene rings is 3. The van der Waals surface area contributed by atoms with Gasteiger partial charge in [0.2, 0.25) is 17.7 Å². The SMILES string of the molecule is CN(c1cccc(C2CCN(CC(=O)N3CCN(Cc4cccc(C56C[C@H]7CN(c8cc(-c9ccccc9O)nnc8N)C[C@@H](C5)N76)c4)CC3)CC2)c1)C1CCC(=O)NC1=O. The first kappa shape index (κ1) is 39.6. The van der Waals surface area contributed by atoms with Crippen LogP contribution in [0.1, 0.15) is 61.1 Å². The lowest BCUT2D eigenvalue weighted by molar-refractivity contribution is -0.212. The van der Waals surface area contributed by atoms with E-state index in [1.54, 1.807) is 12.1 Å². The Balaban J connectivity index is 0.684. The molecule has 0 saturated carbocycles. The van der Waals surface area contributed by atoms with Crippen molar-refractivity contribution in [2.75, 3.05) is 81.5 Å². The van der Waals surface area contributed by atoms with Gasteiger partial charge in [0.05, 0.1) is 17.9 Å². The Morgan fingerprint density at radius 1 is 0.869 bits per heavy atom. The first-order valence-corrected chi connectivity index (χ1v) is 22.1. The minimum absolute atomic E-state index is 0.110. The monoisotopic (exact) mass is 824 g/mol. The van der Waals surface area contributed by atoms with Gasteiger partial charge >= 0.3 is 0 Å². The number of piperidine rings is 3. The third-order valence-corrected chi connectivity index (χ3v) is 14.6. The highest BCUT2D eigenvalue weighted by atomic mass is 16.3. The van der Waals surface area contributed by atoms with Gasteiger partial charge < -0.3 is 25.5 Å². The number of carbonyl (C=O) groups excluding carboxylic acids is 3. The Bertz CT molecular complexity index is 2310. The number of phenols is 1. The highest BCUT2D eigenvalue weighted by Crippen LogP contribution is 2.60. The van der Waals surface area contributed by atoms with Crippen molar-refractivity contribution in [1.82, 2.24) is 35.1 Å². The van der Waals surface area contributed by atoms with Crippen LogP contribution in [-0.4, -0.2) is 137 Å². The molecule has 14 heteroatoms. The number of nitrogens with zero attached hydrogens (tertiary/aromatic N) is 8. The van der Waals surface area contributed by atoms with Crippen molar-refractivity contribution in [3.8, 4) is 17.0 Å². The molecule has 4 atom stereocenters. The number of nitrogens with one attached hydrogen (secondary N) is 1. The summed E-state index contributed by atoms with van der Waals surface area (Å²) >= 11 is 0. The predicted molar refractivity (Wildman–Crippen MR) is 234 cm³/mol. The zero-order valence-corrected chi connectivity index (χ0v) is 35.0. The lowest BCUT2D eigenvalue weighted by Gasteiger charge is -2.74. The number of phenolic OH excluding ortho intramolecular Hbond substituents is 1. The number of aromatic nitrogens is 2. The molecule has 10 rings (SSSR count). The molecule has 0 radical (unpaired) electrons. The number of nitrogen functional groups attached to an aromatic ring is 1. The number of amides is 3. The number of rotatable bonds is 10. The fourth-order valence-corrected chi connectivity index (χ4v) is 11.3. The van der Waals surface area contributed by atoms with E-state index in [-0.39, 0.29) is 35.1 Å². The van der Waals surface area contributed by atoms with Crippen molar-refractivity contribution in [3.63, 3.8) is 0 Å². The normalized spacial score (nSPS) is 26.0. The Kier molecular flexibility index (Phi) is 10.4. The Morgan fingerprint density at radius 2 is 1.62 bits per heavy atom. The molecule has 0 aliphatic carbocycles. The van der Waals surface area contributed by atoms with Crippen molar-refractivity contribution in [1.29, 1.82) is 0 Å². The summed E-state index contributed by atoms with van der Waals surface area (Å²) in [5.74, 6) is 0.810. The number of hydrogen-bond donors (Lipinski definition) is 3. The number of anilines is 3. The largest absolute Gasteiger partial charge is 0.507 e. The molecule has 4 aromatic rings. The van der Waals surface area contributed by atoms with Crippen LogP contribution in [0.25, 0.3) is 11.3 Å². The van der Waals surface area contributed by atoms with Gasteiger partial charge in [-0.2, -0.15) is 0 Å². The second kappa shape index (κ2) is 16.0. The lowest BCUT2D eigenvalue weighted by atomic mass is 9.59. The summed E-state index contributed by atoms with van der Waals surface area (Å²) in [7, 11) is 1.93. The van der Waals surface area contributed by atoms with Crippen LogP contribution in [0.15, 0.2) is 78.9 Å². The van der Waals surface area contributed by atoms with Crippen LogP contribution >= 0.6 is 0 Å². The van der Waals surface area contributed by atoms with E-state index in [0.29, 0.717) is 54.5 Å². The lowest BCUT2D eigenvalue weighted by Crippen LogP contribution is -2.82. The number of hydrogen-bond acceptors (Lipinski definition) is 12. The van der Waals surface area contributed by atoms with Gasteiger partial charge in [0.1, 0.15) is 11.8 Å². The van der Waals surface area contributed by atoms with Crippen molar-refractivity contribution in [3.05, 3.63) is 95.6 Å². The van der Waals surface area contributed by atoms with E-state index in [4.69, 9.17) is 5.73 Å². The third-order valence-electron chi connectivity index (χ3n) is 14.6. The number of carbonyl (C=O) groups is 3. The molecular weight excluding hydrogens is 769 g/mol. The van der Waals surface area contributed by atoms with Crippen LogP contribution in [0.2, 0.25) is 0 Å². The molecule has 1 aromatic heterocycles. The maximum Gasteiger partial charge on any atom is 0.249 e. The first-order chi connectivity index (χ1) is 29.6. The Hall–Kier alpha value is -5.57. The second-order valence-electron chi connectivity index (χ2n) is 18.2. The van der Waals surface area contributed by atoms with Gasteiger partial charge in [-0.05, 0) is 98.1 Å². The van der Waals surface area contributed by atoms with Crippen molar-refractivity contribution in [2.24, 2.45) is 0 Å². The van der Waals surface area contributed by atoms with Gasteiger partial charge in [0.25, 0.3) is 0 Å². The molecule has 6 aliphatic heterocycles. The molecule has 14 nitrogen and oxygen atoms in total. The number of aromatic hydroxyl groups is 1. The molecule has 7 heterocycles. The van der Waals surface area contributed by atoms with Crippen molar-refractivity contribution >= 4 is 34.9 Å². The summed E-state index contributed by atoms with van der Waals surface area (Å²) in [5.41, 5.74) is 13.7. The number of para-hydroxylation sites is 1. The Morgan fingerprint density at radius 3 is 2.38 bits per heavy atom. The number of likely N-dealkylation sites (tertiary alicyclic amines) is 1. The molecule has 3 amide bonds. The van der Waals surface area contributed by atoms with E-state index in [1.807, 2.05) is 36.2 Å². The van der Waals surface area contributed by atoms with Gasteiger partial charge in [-0.25, -0.2) is 0 Å². The van der Waals surface area contributed by atoms with Crippen LogP contribution < -0.4 is 20.9 Å². The van der Waals surface area contributed by atoms with Crippen LogP contribution in [0.5, 0.6) is 5.75 Å². The molecule has 6 fully saturated rings. The zero-order valence-electron chi connectivity index (χ0n) is 35.0. The number of nitrogens with two attached hydrogens (primary N) is 1. The van der Waals surface area contributed by atoms with E-state index < -0.39 is 0 Å². The minimum Gasteiger partial charge on any atom is -0.507 e. The van der Waals surface area contributed by atoms with Gasteiger partial charge in [-0.1, -0.05) is 48.5 Å². The fourth-order valence-electron chi connectivity index (χ4n) is 11.3. The summed E-state index contributed by atoms with van der Waals surface area (Å²) in [5, 5.41) is 21.5. The van der Waals surface area contributed by atoms with Crippen LogP contribution in [0, 0.1) is 0 Å². The minimum atomic E-state index is -0.346. The molecular formula is C47H56N10O4. The standard InChI is InChI=1S/C47H56N10O4/c1-52(40-12-13-43(59)49-46(40)61)35-9-5-7-33(23-35)32-14-16-53(17-15-32)30-44(60)55-20-18-54(19-21-55)27-31-6-4-8-34(22-31)47-25-36-28-56(29-37(26-47)57(36)47)41-24-39(50-51-45(41)48)38-10-2-3-11-42(38)58/h2-11,22-24,32,36-37,40,58H,12-21,25-30H2,1H3,(H2,48,51)(H,49,59,61)/t36-,37+,40?,47?. The molecule has 0 bridgehead atoms. The number of piperazine rings is 2. The molecule has 318 valence electrons. The molecule has 4 N–H and O–H groups in total. The maximum absolute atomic E-state index is 13.5. The number of imide groups is 1. The van der Waals surface area contributed by atoms with Gasteiger partial charge in [0.15, 0.2) is 5.82 Å². The van der Waals surface area contributed by atoms with E-state index >= 15 is 0 Å². The second-order valence-corrected chi connectivity index (χ2v) is 18.2. The van der Waals surface area contributed by atoms with Gasteiger partial charge in [-0.15, -0.1) is 10.2 Å². The van der Waals surface area contributed by atoms with Crippen molar-refractivity contribution < 1.29 is 19.5 Å². The highest BCUT2D eigenvalue weighted by Gasteiger charge is 2.66. The quantitative estimate of drug-likeness (QED) is 0.200. The van der Waals surface area contributed by atoms with E-state index in [1.165, 1.54) is 16.7 Å². The van der Waals surface area contributed by atoms with Crippen LogP contribution in [0.3, 0.4) is 0 Å². The number of likely N-dealkylation sites (N-methyl/N-ethyl adjacent to an activating group) is 1. The van der Waals surface area contributed by atoms with E-state index in [2.05, 4.69) is 82.5 Å².